The number of urea groups is 1. The van der Waals surface area contributed by atoms with Crippen LogP contribution in [0.1, 0.15) is 32.6 Å². The van der Waals surface area contributed by atoms with E-state index >= 15 is 0 Å². The molecule has 2 atom stereocenters. The van der Waals surface area contributed by atoms with Gasteiger partial charge in [0.15, 0.2) is 0 Å². The van der Waals surface area contributed by atoms with Crippen LogP contribution >= 0.6 is 0 Å². The average molecular weight is 386 g/mol. The van der Waals surface area contributed by atoms with Gasteiger partial charge in [-0.25, -0.2) is 9.69 Å². The zero-order chi connectivity index (χ0) is 19.7. The summed E-state index contributed by atoms with van der Waals surface area (Å²) in [6.07, 6.45) is 3.91. The van der Waals surface area contributed by atoms with Crippen molar-refractivity contribution in [2.75, 3.05) is 44.9 Å². The highest BCUT2D eigenvalue weighted by Crippen LogP contribution is 2.38. The van der Waals surface area contributed by atoms with Crippen LogP contribution in [0.25, 0.3) is 0 Å². The van der Waals surface area contributed by atoms with Crippen LogP contribution in [0.5, 0.6) is 5.75 Å². The molecule has 152 valence electrons. The van der Waals surface area contributed by atoms with E-state index in [1.54, 1.807) is 7.11 Å². The molecule has 0 bridgehead atoms. The summed E-state index contributed by atoms with van der Waals surface area (Å²) < 4.78 is 5.22. The summed E-state index contributed by atoms with van der Waals surface area (Å²) in [6.45, 7) is 5.87. The van der Waals surface area contributed by atoms with Crippen molar-refractivity contribution in [1.82, 2.24) is 15.1 Å². The van der Waals surface area contributed by atoms with E-state index in [1.165, 1.54) is 10.6 Å². The maximum Gasteiger partial charge on any atom is 0.326 e. The molecule has 7 nitrogen and oxygen atoms in total. The van der Waals surface area contributed by atoms with Crippen molar-refractivity contribution in [3.05, 3.63) is 24.3 Å². The third-order valence-electron chi connectivity index (χ3n) is 6.65. The van der Waals surface area contributed by atoms with Crippen LogP contribution in [0.2, 0.25) is 0 Å². The van der Waals surface area contributed by atoms with Crippen LogP contribution in [-0.4, -0.2) is 67.2 Å². The summed E-state index contributed by atoms with van der Waals surface area (Å²) in [5.41, 5.74) is 0.505. The molecule has 1 aromatic carbocycles. The normalized spacial score (nSPS) is 28.7. The summed E-state index contributed by atoms with van der Waals surface area (Å²) >= 11 is 0. The van der Waals surface area contributed by atoms with Crippen molar-refractivity contribution in [3.63, 3.8) is 0 Å². The summed E-state index contributed by atoms with van der Waals surface area (Å²) in [4.78, 5) is 31.6. The maximum atomic E-state index is 13.1. The molecule has 1 spiro atoms. The average Bonchev–Trinajstić information content (AvgIpc) is 2.96. The summed E-state index contributed by atoms with van der Waals surface area (Å²) in [5, 5.41) is 3.04. The Balaban J connectivity index is 1.35. The summed E-state index contributed by atoms with van der Waals surface area (Å²) in [7, 11) is 1.67. The number of imide groups is 1. The van der Waals surface area contributed by atoms with Gasteiger partial charge in [0.05, 0.1) is 13.8 Å². The lowest BCUT2D eigenvalue weighted by Crippen LogP contribution is -2.55. The van der Waals surface area contributed by atoms with Gasteiger partial charge in [0.1, 0.15) is 11.3 Å². The molecule has 2 heterocycles. The lowest BCUT2D eigenvalue weighted by Gasteiger charge is -2.38. The molecule has 1 saturated carbocycles. The predicted octanol–water partition coefficient (Wildman–Crippen LogP) is 2.28. The highest BCUT2D eigenvalue weighted by Gasteiger charge is 2.55. The molecule has 3 amide bonds. The van der Waals surface area contributed by atoms with E-state index in [4.69, 9.17) is 4.74 Å². The van der Waals surface area contributed by atoms with E-state index in [-0.39, 0.29) is 17.9 Å². The van der Waals surface area contributed by atoms with E-state index in [0.717, 1.165) is 57.6 Å². The molecule has 28 heavy (non-hydrogen) atoms. The number of nitrogens with one attached hydrogen (secondary N) is 1. The van der Waals surface area contributed by atoms with Crippen LogP contribution in [0.3, 0.4) is 0 Å². The lowest BCUT2D eigenvalue weighted by molar-refractivity contribution is -0.135. The molecule has 3 aliphatic rings. The topological polar surface area (TPSA) is 65.1 Å². The predicted molar refractivity (Wildman–Crippen MR) is 107 cm³/mol. The van der Waals surface area contributed by atoms with Crippen molar-refractivity contribution in [2.24, 2.45) is 5.92 Å². The number of hydrogen-bond donors (Lipinski definition) is 1. The molecule has 1 aromatic rings. The van der Waals surface area contributed by atoms with Crippen LogP contribution < -0.4 is 15.0 Å². The number of anilines is 1. The molecule has 4 rings (SSSR count). The number of amides is 3. The molecule has 0 unspecified atom stereocenters. The fourth-order valence-corrected chi connectivity index (χ4v) is 4.76. The van der Waals surface area contributed by atoms with Crippen LogP contribution in [0.15, 0.2) is 24.3 Å². The Bertz CT molecular complexity index is 730. The van der Waals surface area contributed by atoms with Gasteiger partial charge in [-0.15, -0.1) is 0 Å². The highest BCUT2D eigenvalue weighted by molar-refractivity contribution is 6.07. The van der Waals surface area contributed by atoms with Crippen molar-refractivity contribution >= 4 is 17.6 Å². The SMILES string of the molecule is COc1ccc(N2CCN(CN3C(=O)N[C@@]4(CCCC[C@H]4C)C3=O)CC2)cc1. The largest absolute Gasteiger partial charge is 0.497 e. The number of carbonyl (C=O) groups excluding carboxylic acids is 2. The number of piperazine rings is 1. The monoisotopic (exact) mass is 386 g/mol. The minimum atomic E-state index is -0.666. The number of methoxy groups -OCH3 is 1. The third-order valence-corrected chi connectivity index (χ3v) is 6.65. The van der Waals surface area contributed by atoms with Gasteiger partial charge < -0.3 is 15.0 Å². The summed E-state index contributed by atoms with van der Waals surface area (Å²) in [6, 6.07) is 7.86. The molecule has 1 aliphatic carbocycles. The van der Waals surface area contributed by atoms with E-state index in [2.05, 4.69) is 34.2 Å². The Morgan fingerprint density at radius 1 is 1.11 bits per heavy atom. The Morgan fingerprint density at radius 2 is 1.82 bits per heavy atom. The van der Waals surface area contributed by atoms with Gasteiger partial charge in [-0.2, -0.15) is 0 Å². The van der Waals surface area contributed by atoms with E-state index < -0.39 is 5.54 Å². The van der Waals surface area contributed by atoms with Crippen molar-refractivity contribution in [2.45, 2.75) is 38.1 Å². The van der Waals surface area contributed by atoms with Gasteiger partial charge in [-0.3, -0.25) is 9.69 Å². The minimum absolute atomic E-state index is 0.0257. The Hall–Kier alpha value is -2.28. The zero-order valence-electron chi connectivity index (χ0n) is 16.8. The number of ether oxygens (including phenoxy) is 1. The van der Waals surface area contributed by atoms with Gasteiger partial charge in [-0.05, 0) is 43.0 Å². The standard InChI is InChI=1S/C21H30N4O3/c1-16-5-3-4-10-21(16)19(26)25(20(27)22-21)15-23-11-13-24(14-12-23)17-6-8-18(28-2)9-7-17/h6-9,16H,3-5,10-15H2,1-2H3,(H,22,27)/t16-,21-/m1/s1. The quantitative estimate of drug-likeness (QED) is 0.805. The maximum absolute atomic E-state index is 13.1. The van der Waals surface area contributed by atoms with Crippen molar-refractivity contribution in [3.8, 4) is 5.75 Å². The number of carbonyl (C=O) groups is 2. The van der Waals surface area contributed by atoms with Gasteiger partial charge in [-0.1, -0.05) is 19.8 Å². The van der Waals surface area contributed by atoms with E-state index in [0.29, 0.717) is 6.67 Å². The first-order valence-corrected chi connectivity index (χ1v) is 10.3. The van der Waals surface area contributed by atoms with Crippen molar-refractivity contribution in [1.29, 1.82) is 0 Å². The molecule has 2 saturated heterocycles. The van der Waals surface area contributed by atoms with Gasteiger partial charge in [0.25, 0.3) is 5.91 Å². The fraction of sp³-hybridized carbons (Fsp3) is 0.619. The van der Waals surface area contributed by atoms with Crippen molar-refractivity contribution < 1.29 is 14.3 Å². The summed E-state index contributed by atoms with van der Waals surface area (Å²) in [5.74, 6) is 1.03. The number of rotatable bonds is 4. The third kappa shape index (κ3) is 3.32. The first kappa shape index (κ1) is 19.1. The Morgan fingerprint density at radius 3 is 2.46 bits per heavy atom. The second kappa shape index (κ2) is 7.62. The molecular weight excluding hydrogens is 356 g/mol. The Kier molecular flexibility index (Phi) is 5.19. The number of nitrogens with zero attached hydrogens (tertiary/aromatic N) is 3. The minimum Gasteiger partial charge on any atom is -0.497 e. The number of benzene rings is 1. The van der Waals surface area contributed by atoms with Crippen LogP contribution in [0, 0.1) is 5.92 Å². The molecule has 1 N–H and O–H groups in total. The Labute approximate surface area is 166 Å². The first-order valence-electron chi connectivity index (χ1n) is 10.3. The molecular formula is C21H30N4O3. The lowest BCUT2D eigenvalue weighted by atomic mass is 9.73. The van der Waals surface area contributed by atoms with Crippen LogP contribution in [0.4, 0.5) is 10.5 Å². The first-order chi connectivity index (χ1) is 13.5. The smallest absolute Gasteiger partial charge is 0.326 e. The second-order valence-electron chi connectivity index (χ2n) is 8.23. The van der Waals surface area contributed by atoms with Crippen LogP contribution in [-0.2, 0) is 4.79 Å². The molecule has 3 fully saturated rings. The molecule has 0 radical (unpaired) electrons. The van der Waals surface area contributed by atoms with Gasteiger partial charge >= 0.3 is 6.03 Å². The van der Waals surface area contributed by atoms with E-state index in [9.17, 15) is 9.59 Å². The van der Waals surface area contributed by atoms with Gasteiger partial charge in [0, 0.05) is 31.9 Å². The van der Waals surface area contributed by atoms with E-state index in [1.807, 2.05) is 12.1 Å². The number of hydrogen-bond acceptors (Lipinski definition) is 5. The molecule has 0 aromatic heterocycles. The van der Waals surface area contributed by atoms with Gasteiger partial charge in [0.2, 0.25) is 0 Å². The zero-order valence-corrected chi connectivity index (χ0v) is 16.8. The molecule has 7 heteroatoms. The molecule has 2 aliphatic heterocycles. The fourth-order valence-electron chi connectivity index (χ4n) is 4.76. The highest BCUT2D eigenvalue weighted by atomic mass is 16.5. The second-order valence-corrected chi connectivity index (χ2v) is 8.23.